The minimum atomic E-state index is -1.03. The molecule has 1 atom stereocenters. The Morgan fingerprint density at radius 2 is 1.80 bits per heavy atom. The van der Waals surface area contributed by atoms with Crippen molar-refractivity contribution in [3.63, 3.8) is 0 Å². The molecular weight excluding hydrogens is 258 g/mol. The number of benzene rings is 1. The molecule has 0 aliphatic carbocycles. The molecular formula is C15H15NO4. The molecule has 0 bridgehead atoms. The summed E-state index contributed by atoms with van der Waals surface area (Å²) in [5, 5.41) is 18.0. The number of rotatable bonds is 6. The number of carboxylic acid groups (broad SMARTS) is 1. The number of aliphatic hydroxyl groups excluding tert-OH is 1. The fourth-order valence-corrected chi connectivity index (χ4v) is 2.03. The zero-order chi connectivity index (χ0) is 14.5. The molecule has 0 aliphatic heterocycles. The molecule has 104 valence electrons. The normalized spacial score (nSPS) is 12.1. The van der Waals surface area contributed by atoms with Gasteiger partial charge in [0.1, 0.15) is 0 Å². The van der Waals surface area contributed by atoms with Crippen LogP contribution >= 0.6 is 0 Å². The summed E-state index contributed by atoms with van der Waals surface area (Å²) in [6, 6.07) is 11.9. The van der Waals surface area contributed by atoms with Crippen LogP contribution in [0.15, 0.2) is 42.5 Å². The standard InChI is InChI=1S/C15H15NO4/c17-9-8-11(15(19)20)12-6-7-13(16-12)14(18)10-4-2-1-3-5-10/h1-7,11,16-17H,8-9H2,(H,19,20). The maximum atomic E-state index is 12.2. The Bertz CT molecular complexity index is 603. The minimum absolute atomic E-state index is 0.106. The molecule has 20 heavy (non-hydrogen) atoms. The van der Waals surface area contributed by atoms with Crippen molar-refractivity contribution in [2.45, 2.75) is 12.3 Å². The number of carbonyl (C=O) groups is 2. The van der Waals surface area contributed by atoms with Crippen molar-refractivity contribution < 1.29 is 19.8 Å². The van der Waals surface area contributed by atoms with Gasteiger partial charge in [-0.2, -0.15) is 0 Å². The molecule has 1 aromatic carbocycles. The summed E-state index contributed by atoms with van der Waals surface area (Å²) in [6.07, 6.45) is 0.106. The van der Waals surface area contributed by atoms with Gasteiger partial charge >= 0.3 is 5.97 Å². The molecule has 0 saturated heterocycles. The zero-order valence-electron chi connectivity index (χ0n) is 10.7. The number of carboxylic acids is 1. The monoisotopic (exact) mass is 273 g/mol. The number of ketones is 1. The Kier molecular flexibility index (Phi) is 4.32. The van der Waals surface area contributed by atoms with Gasteiger partial charge in [-0.25, -0.2) is 0 Å². The third kappa shape index (κ3) is 2.95. The van der Waals surface area contributed by atoms with Crippen LogP contribution in [0.3, 0.4) is 0 Å². The van der Waals surface area contributed by atoms with Gasteiger partial charge in [-0.05, 0) is 18.6 Å². The van der Waals surface area contributed by atoms with Gasteiger partial charge in [0.15, 0.2) is 0 Å². The summed E-state index contributed by atoms with van der Waals surface area (Å²) in [5.74, 6) is -2.05. The second-order valence-electron chi connectivity index (χ2n) is 4.43. The lowest BCUT2D eigenvalue weighted by molar-refractivity contribution is -0.139. The van der Waals surface area contributed by atoms with Crippen LogP contribution in [0.2, 0.25) is 0 Å². The van der Waals surface area contributed by atoms with Gasteiger partial charge in [0.2, 0.25) is 5.78 Å². The Labute approximate surface area is 115 Å². The van der Waals surface area contributed by atoms with Crippen LogP contribution in [0.4, 0.5) is 0 Å². The van der Waals surface area contributed by atoms with Crippen molar-refractivity contribution in [2.75, 3.05) is 6.61 Å². The SMILES string of the molecule is O=C(c1ccccc1)c1ccc(C(CCO)C(=O)O)[nH]1. The number of hydrogen-bond donors (Lipinski definition) is 3. The van der Waals surface area contributed by atoms with Crippen LogP contribution in [0, 0.1) is 0 Å². The Morgan fingerprint density at radius 1 is 1.10 bits per heavy atom. The van der Waals surface area contributed by atoms with E-state index in [-0.39, 0.29) is 18.8 Å². The maximum absolute atomic E-state index is 12.2. The summed E-state index contributed by atoms with van der Waals surface area (Å²) >= 11 is 0. The molecule has 0 spiro atoms. The molecule has 2 rings (SSSR count). The van der Waals surface area contributed by atoms with Crippen LogP contribution in [-0.4, -0.2) is 33.6 Å². The topological polar surface area (TPSA) is 90.4 Å². The van der Waals surface area contributed by atoms with E-state index < -0.39 is 11.9 Å². The van der Waals surface area contributed by atoms with Gasteiger partial charge < -0.3 is 15.2 Å². The summed E-state index contributed by atoms with van der Waals surface area (Å²) in [6.45, 7) is -0.224. The minimum Gasteiger partial charge on any atom is -0.481 e. The zero-order valence-corrected chi connectivity index (χ0v) is 10.7. The largest absolute Gasteiger partial charge is 0.481 e. The molecule has 0 aliphatic rings. The fraction of sp³-hybridized carbons (Fsp3) is 0.200. The van der Waals surface area contributed by atoms with Gasteiger partial charge in [0.05, 0.1) is 11.6 Å². The van der Waals surface area contributed by atoms with E-state index in [1.807, 2.05) is 6.07 Å². The van der Waals surface area contributed by atoms with E-state index in [2.05, 4.69) is 4.98 Å². The smallest absolute Gasteiger partial charge is 0.312 e. The van der Waals surface area contributed by atoms with Gasteiger partial charge in [0, 0.05) is 17.9 Å². The highest BCUT2D eigenvalue weighted by atomic mass is 16.4. The first kappa shape index (κ1) is 14.0. The summed E-state index contributed by atoms with van der Waals surface area (Å²) in [5.41, 5.74) is 1.30. The van der Waals surface area contributed by atoms with E-state index in [1.54, 1.807) is 36.4 Å². The average Bonchev–Trinajstić information content (AvgIpc) is 2.94. The third-order valence-electron chi connectivity index (χ3n) is 3.08. The second kappa shape index (κ2) is 6.16. The van der Waals surface area contributed by atoms with Gasteiger partial charge in [-0.1, -0.05) is 30.3 Å². The second-order valence-corrected chi connectivity index (χ2v) is 4.43. The number of hydrogen-bond acceptors (Lipinski definition) is 3. The summed E-state index contributed by atoms with van der Waals surface area (Å²) < 4.78 is 0. The highest BCUT2D eigenvalue weighted by molar-refractivity contribution is 6.07. The van der Waals surface area contributed by atoms with Crippen LogP contribution in [0.5, 0.6) is 0 Å². The molecule has 5 heteroatoms. The van der Waals surface area contributed by atoms with E-state index in [9.17, 15) is 9.59 Å². The lowest BCUT2D eigenvalue weighted by Crippen LogP contribution is -2.14. The molecule has 2 aromatic rings. The van der Waals surface area contributed by atoms with Crippen molar-refractivity contribution >= 4 is 11.8 Å². The quantitative estimate of drug-likeness (QED) is 0.700. The molecule has 0 amide bonds. The first-order valence-electron chi connectivity index (χ1n) is 6.26. The fourth-order valence-electron chi connectivity index (χ4n) is 2.03. The predicted octanol–water partition coefficient (Wildman–Crippen LogP) is 1.80. The van der Waals surface area contributed by atoms with Crippen molar-refractivity contribution in [1.82, 2.24) is 4.98 Å². The third-order valence-corrected chi connectivity index (χ3v) is 3.08. The van der Waals surface area contributed by atoms with Crippen LogP contribution < -0.4 is 0 Å². The highest BCUT2D eigenvalue weighted by Gasteiger charge is 2.22. The highest BCUT2D eigenvalue weighted by Crippen LogP contribution is 2.20. The van der Waals surface area contributed by atoms with Crippen LogP contribution in [0.25, 0.3) is 0 Å². The van der Waals surface area contributed by atoms with Gasteiger partial charge in [0.25, 0.3) is 0 Å². The number of aliphatic hydroxyl groups is 1. The van der Waals surface area contributed by atoms with E-state index in [1.165, 1.54) is 0 Å². The number of aliphatic carboxylic acids is 1. The van der Waals surface area contributed by atoms with Gasteiger partial charge in [-0.3, -0.25) is 9.59 Å². The molecule has 1 unspecified atom stereocenters. The first-order valence-corrected chi connectivity index (χ1v) is 6.26. The number of carbonyl (C=O) groups excluding carboxylic acids is 1. The van der Waals surface area contributed by atoms with E-state index in [4.69, 9.17) is 10.2 Å². The molecule has 0 fully saturated rings. The number of aromatic nitrogens is 1. The van der Waals surface area contributed by atoms with Crippen molar-refractivity contribution in [3.8, 4) is 0 Å². The first-order chi connectivity index (χ1) is 9.63. The van der Waals surface area contributed by atoms with Crippen LogP contribution in [-0.2, 0) is 4.79 Å². The average molecular weight is 273 g/mol. The lowest BCUT2D eigenvalue weighted by atomic mass is 10.0. The molecule has 0 radical (unpaired) electrons. The number of aromatic amines is 1. The Morgan fingerprint density at radius 3 is 2.40 bits per heavy atom. The van der Waals surface area contributed by atoms with Crippen molar-refractivity contribution in [2.24, 2.45) is 0 Å². The molecule has 1 heterocycles. The van der Waals surface area contributed by atoms with Gasteiger partial charge in [-0.15, -0.1) is 0 Å². The molecule has 0 saturated carbocycles. The maximum Gasteiger partial charge on any atom is 0.312 e. The van der Waals surface area contributed by atoms with Crippen LogP contribution in [0.1, 0.15) is 34.1 Å². The van der Waals surface area contributed by atoms with Crippen molar-refractivity contribution in [1.29, 1.82) is 0 Å². The van der Waals surface area contributed by atoms with Crippen molar-refractivity contribution in [3.05, 3.63) is 59.4 Å². The lowest BCUT2D eigenvalue weighted by Gasteiger charge is -2.08. The predicted molar refractivity (Wildman–Crippen MR) is 72.7 cm³/mol. The van der Waals surface area contributed by atoms with E-state index >= 15 is 0 Å². The molecule has 1 aromatic heterocycles. The summed E-state index contributed by atoms with van der Waals surface area (Å²) in [7, 11) is 0. The van der Waals surface area contributed by atoms with E-state index in [0.717, 1.165) is 0 Å². The molecule has 3 N–H and O–H groups in total. The Balaban J connectivity index is 2.24. The number of H-pyrrole nitrogens is 1. The number of nitrogens with one attached hydrogen (secondary N) is 1. The van der Waals surface area contributed by atoms with E-state index in [0.29, 0.717) is 17.0 Å². The summed E-state index contributed by atoms with van der Waals surface area (Å²) in [4.78, 5) is 26.1. The Hall–Kier alpha value is -2.40. The molecule has 5 nitrogen and oxygen atoms in total.